The largest absolute Gasteiger partial charge is 0.424 e. The van der Waals surface area contributed by atoms with Crippen LogP contribution in [0.1, 0.15) is 38.3 Å². The second-order valence-electron chi connectivity index (χ2n) is 8.16. The van der Waals surface area contributed by atoms with Crippen molar-refractivity contribution in [3.63, 3.8) is 0 Å². The minimum Gasteiger partial charge on any atom is -0.424 e. The number of aromatic nitrogens is 3. The Labute approximate surface area is 172 Å². The zero-order chi connectivity index (χ0) is 21.5. The average molecular weight is 420 g/mol. The van der Waals surface area contributed by atoms with Crippen molar-refractivity contribution in [3.8, 4) is 18.0 Å². The Morgan fingerprint density at radius 2 is 1.93 bits per heavy atom. The monoisotopic (exact) mass is 420 g/mol. The lowest BCUT2D eigenvalue weighted by atomic mass is 9.92. The van der Waals surface area contributed by atoms with Gasteiger partial charge in [0.15, 0.2) is 6.19 Å². The number of nitrogens with zero attached hydrogens (tertiary/aromatic N) is 5. The molecule has 2 bridgehead atoms. The lowest BCUT2D eigenvalue weighted by Crippen LogP contribution is -2.46. The highest BCUT2D eigenvalue weighted by Gasteiger charge is 2.42. The van der Waals surface area contributed by atoms with Crippen LogP contribution in [0.2, 0.25) is 0 Å². The zero-order valence-corrected chi connectivity index (χ0v) is 16.7. The van der Waals surface area contributed by atoms with E-state index in [2.05, 4.69) is 21.6 Å². The molecule has 1 aromatic heterocycles. The number of hydrogen-bond donors (Lipinski definition) is 1. The van der Waals surface area contributed by atoms with Crippen LogP contribution >= 0.6 is 0 Å². The molecule has 2 aliphatic rings. The summed E-state index contributed by atoms with van der Waals surface area (Å²) in [6, 6.07) is 4.91. The molecule has 1 aromatic carbocycles. The maximum Gasteiger partial charge on any atom is 0.416 e. The van der Waals surface area contributed by atoms with Crippen molar-refractivity contribution >= 4 is 5.95 Å². The maximum atomic E-state index is 13.0. The Balaban J connectivity index is 1.54. The smallest absolute Gasteiger partial charge is 0.416 e. The molecule has 2 aromatic rings. The minimum atomic E-state index is -4.45. The summed E-state index contributed by atoms with van der Waals surface area (Å²) in [7, 11) is 0. The van der Waals surface area contributed by atoms with Gasteiger partial charge in [-0.3, -0.25) is 0 Å². The van der Waals surface area contributed by atoms with Crippen molar-refractivity contribution in [3.05, 3.63) is 29.8 Å². The van der Waals surface area contributed by atoms with Gasteiger partial charge in [-0.05, 0) is 56.7 Å². The van der Waals surface area contributed by atoms with Crippen LogP contribution in [0.3, 0.4) is 0 Å². The maximum absolute atomic E-state index is 13.0. The van der Waals surface area contributed by atoms with Gasteiger partial charge >= 0.3 is 12.2 Å². The molecule has 30 heavy (non-hydrogen) atoms. The van der Waals surface area contributed by atoms with Crippen molar-refractivity contribution < 1.29 is 17.9 Å². The lowest BCUT2D eigenvalue weighted by Gasteiger charge is -2.35. The quantitative estimate of drug-likeness (QED) is 0.728. The SMILES string of the molecule is CC(C)n1nc(N[C@H]2[C@@H]3CC[C@H]2CN(C#N)C3)nc1Oc1cccc(C(F)(F)F)c1. The third-order valence-corrected chi connectivity index (χ3v) is 5.73. The summed E-state index contributed by atoms with van der Waals surface area (Å²) in [5, 5.41) is 17.0. The fourth-order valence-corrected chi connectivity index (χ4v) is 4.31. The summed E-state index contributed by atoms with van der Waals surface area (Å²) in [6.45, 7) is 5.21. The molecule has 4 rings (SSSR count). The van der Waals surface area contributed by atoms with Crippen LogP contribution in [0.4, 0.5) is 19.1 Å². The third kappa shape index (κ3) is 4.01. The van der Waals surface area contributed by atoms with Crippen LogP contribution in [-0.4, -0.2) is 38.8 Å². The molecular formula is C20H23F3N6O. The lowest BCUT2D eigenvalue weighted by molar-refractivity contribution is -0.137. The van der Waals surface area contributed by atoms with E-state index < -0.39 is 11.7 Å². The second kappa shape index (κ2) is 7.70. The number of nitriles is 1. The number of ether oxygens (including phenoxy) is 1. The number of alkyl halides is 3. The van der Waals surface area contributed by atoms with Gasteiger partial charge in [-0.1, -0.05) is 6.07 Å². The molecule has 0 amide bonds. The molecule has 2 heterocycles. The fraction of sp³-hybridized carbons (Fsp3) is 0.550. The molecule has 1 aliphatic heterocycles. The van der Waals surface area contributed by atoms with E-state index in [0.717, 1.165) is 25.0 Å². The molecule has 7 nitrogen and oxygen atoms in total. The van der Waals surface area contributed by atoms with Crippen molar-refractivity contribution in [2.24, 2.45) is 11.8 Å². The van der Waals surface area contributed by atoms with Gasteiger partial charge < -0.3 is 15.0 Å². The molecular weight excluding hydrogens is 397 g/mol. The number of fused-ring (bicyclic) bond motifs is 2. The minimum absolute atomic E-state index is 0.0491. The Hall–Kier alpha value is -2.96. The van der Waals surface area contributed by atoms with Crippen LogP contribution < -0.4 is 10.1 Å². The summed E-state index contributed by atoms with van der Waals surface area (Å²) < 4.78 is 46.2. The van der Waals surface area contributed by atoms with Crippen LogP contribution in [-0.2, 0) is 6.18 Å². The zero-order valence-electron chi connectivity index (χ0n) is 16.7. The first-order valence-electron chi connectivity index (χ1n) is 9.97. The van der Waals surface area contributed by atoms with Crippen molar-refractivity contribution in [1.82, 2.24) is 19.7 Å². The van der Waals surface area contributed by atoms with Gasteiger partial charge in [-0.15, -0.1) is 5.10 Å². The van der Waals surface area contributed by atoms with E-state index in [4.69, 9.17) is 4.74 Å². The van der Waals surface area contributed by atoms with E-state index in [1.54, 1.807) is 9.58 Å². The van der Waals surface area contributed by atoms with Gasteiger partial charge in [-0.2, -0.15) is 23.4 Å². The van der Waals surface area contributed by atoms with Crippen LogP contribution in [0.5, 0.6) is 11.8 Å². The van der Waals surface area contributed by atoms with Gasteiger partial charge in [0.1, 0.15) is 5.75 Å². The normalized spacial score (nSPS) is 23.5. The number of benzene rings is 1. The Morgan fingerprint density at radius 3 is 2.53 bits per heavy atom. The standard InChI is InChI=1S/C20H23F3N6O/c1-12(2)29-19(30-16-5-3-4-15(8-16)20(21,22)23)26-18(27-29)25-17-13-6-7-14(17)10-28(9-13)11-24/h3-5,8,12-14,17H,6-7,9-10H2,1-2H3,(H,25,27)/t13-,14+,17+. The molecule has 1 saturated heterocycles. The molecule has 1 N–H and O–H groups in total. The Bertz CT molecular complexity index is 937. The molecule has 160 valence electrons. The summed E-state index contributed by atoms with van der Waals surface area (Å²) in [6.07, 6.45) is -0.138. The van der Waals surface area contributed by atoms with Gasteiger partial charge in [0.25, 0.3) is 0 Å². The molecule has 0 unspecified atom stereocenters. The number of likely N-dealkylation sites (tertiary alicyclic amines) is 1. The predicted molar refractivity (Wildman–Crippen MR) is 103 cm³/mol. The molecule has 1 aliphatic carbocycles. The van der Waals surface area contributed by atoms with E-state index in [0.29, 0.717) is 30.9 Å². The fourth-order valence-electron chi connectivity index (χ4n) is 4.31. The Morgan fingerprint density at radius 1 is 1.23 bits per heavy atom. The van der Waals surface area contributed by atoms with E-state index in [1.165, 1.54) is 12.1 Å². The molecule has 1 saturated carbocycles. The summed E-state index contributed by atoms with van der Waals surface area (Å²) in [5.74, 6) is 1.11. The van der Waals surface area contributed by atoms with Gasteiger partial charge in [0.05, 0.1) is 11.6 Å². The van der Waals surface area contributed by atoms with Gasteiger partial charge in [0, 0.05) is 19.1 Å². The van der Waals surface area contributed by atoms with Crippen molar-refractivity contribution in [2.45, 2.75) is 44.9 Å². The van der Waals surface area contributed by atoms with Gasteiger partial charge in [-0.25, -0.2) is 4.68 Å². The highest BCUT2D eigenvalue weighted by Crippen LogP contribution is 2.38. The van der Waals surface area contributed by atoms with E-state index in [1.807, 2.05) is 13.8 Å². The number of rotatable bonds is 5. The van der Waals surface area contributed by atoms with E-state index >= 15 is 0 Å². The number of piperidine rings is 1. The highest BCUT2D eigenvalue weighted by molar-refractivity contribution is 5.34. The predicted octanol–water partition coefficient (Wildman–Crippen LogP) is 4.27. The molecule has 10 heteroatoms. The first-order chi connectivity index (χ1) is 14.2. The van der Waals surface area contributed by atoms with Crippen molar-refractivity contribution in [2.75, 3.05) is 18.4 Å². The summed E-state index contributed by atoms with van der Waals surface area (Å²) >= 11 is 0. The first-order valence-corrected chi connectivity index (χ1v) is 9.97. The third-order valence-electron chi connectivity index (χ3n) is 5.73. The van der Waals surface area contributed by atoms with Crippen LogP contribution in [0.25, 0.3) is 0 Å². The van der Waals surface area contributed by atoms with Gasteiger partial charge in [0.2, 0.25) is 5.95 Å². The number of anilines is 1. The highest BCUT2D eigenvalue weighted by atomic mass is 19.4. The molecule has 3 atom stereocenters. The van der Waals surface area contributed by atoms with E-state index in [9.17, 15) is 18.4 Å². The van der Waals surface area contributed by atoms with Crippen LogP contribution in [0.15, 0.2) is 24.3 Å². The molecule has 0 spiro atoms. The first kappa shape index (κ1) is 20.3. The van der Waals surface area contributed by atoms with Crippen LogP contribution in [0, 0.1) is 23.3 Å². The second-order valence-corrected chi connectivity index (χ2v) is 8.16. The summed E-state index contributed by atoms with van der Waals surface area (Å²) in [5.41, 5.74) is -0.783. The Kier molecular flexibility index (Phi) is 5.22. The number of nitrogens with one attached hydrogen (secondary N) is 1. The number of hydrogen-bond acceptors (Lipinski definition) is 6. The summed E-state index contributed by atoms with van der Waals surface area (Å²) in [4.78, 5) is 6.20. The molecule has 2 fully saturated rings. The molecule has 0 radical (unpaired) electrons. The van der Waals surface area contributed by atoms with Crippen molar-refractivity contribution in [1.29, 1.82) is 5.26 Å². The topological polar surface area (TPSA) is 79.0 Å². The number of halogens is 3. The van der Waals surface area contributed by atoms with E-state index in [-0.39, 0.29) is 23.8 Å². The average Bonchev–Trinajstić information content (AvgIpc) is 3.18.